The van der Waals surface area contributed by atoms with Crippen molar-refractivity contribution in [2.75, 3.05) is 25.5 Å². The van der Waals surface area contributed by atoms with Gasteiger partial charge >= 0.3 is 0 Å². The Balaban J connectivity index is 1.76. The van der Waals surface area contributed by atoms with E-state index in [1.54, 1.807) is 4.68 Å². The second-order valence-corrected chi connectivity index (χ2v) is 5.43. The number of hydrogen-bond acceptors (Lipinski definition) is 5. The first-order chi connectivity index (χ1) is 9.72. The monoisotopic (exact) mass is 272 g/mol. The minimum absolute atomic E-state index is 0.513. The average molecular weight is 272 g/mol. The summed E-state index contributed by atoms with van der Waals surface area (Å²) in [5.74, 6) is 0.791. The lowest BCUT2D eigenvalue weighted by Crippen LogP contribution is -2.39. The number of aryl methyl sites for hydroxylation is 1. The Morgan fingerprint density at radius 1 is 1.35 bits per heavy atom. The standard InChI is InChI=1S/C14H20N6/c1-11-16-17-18-20(11)14-7-3-5-12(9-14)15-13-6-4-8-19(2)10-13/h3,5,7,9,13,15H,4,6,8,10H2,1-2H3. The molecule has 0 radical (unpaired) electrons. The number of aromatic nitrogens is 4. The van der Waals surface area contributed by atoms with E-state index in [4.69, 9.17) is 0 Å². The van der Waals surface area contributed by atoms with Gasteiger partial charge in [-0.1, -0.05) is 6.07 Å². The molecule has 1 saturated heterocycles. The second-order valence-electron chi connectivity index (χ2n) is 5.43. The van der Waals surface area contributed by atoms with Gasteiger partial charge in [0.25, 0.3) is 0 Å². The molecular formula is C14H20N6. The fourth-order valence-electron chi connectivity index (χ4n) is 2.72. The van der Waals surface area contributed by atoms with Gasteiger partial charge in [0.1, 0.15) is 0 Å². The van der Waals surface area contributed by atoms with Crippen LogP contribution in [0.3, 0.4) is 0 Å². The molecule has 2 heterocycles. The molecule has 1 atom stereocenters. The summed E-state index contributed by atoms with van der Waals surface area (Å²) >= 11 is 0. The summed E-state index contributed by atoms with van der Waals surface area (Å²) in [5, 5.41) is 15.2. The molecule has 0 spiro atoms. The molecule has 1 fully saturated rings. The lowest BCUT2D eigenvalue weighted by molar-refractivity contribution is 0.261. The molecule has 2 aromatic rings. The molecule has 0 saturated carbocycles. The van der Waals surface area contributed by atoms with Crippen molar-refractivity contribution >= 4 is 5.69 Å². The maximum absolute atomic E-state index is 4.01. The number of anilines is 1. The lowest BCUT2D eigenvalue weighted by atomic mass is 10.1. The third kappa shape index (κ3) is 2.80. The zero-order chi connectivity index (χ0) is 13.9. The first-order valence-corrected chi connectivity index (χ1v) is 7.03. The minimum atomic E-state index is 0.513. The van der Waals surface area contributed by atoms with E-state index >= 15 is 0 Å². The van der Waals surface area contributed by atoms with E-state index in [1.165, 1.54) is 19.4 Å². The molecule has 20 heavy (non-hydrogen) atoms. The van der Waals surface area contributed by atoms with Crippen LogP contribution in [0.25, 0.3) is 5.69 Å². The van der Waals surface area contributed by atoms with Crippen molar-refractivity contribution < 1.29 is 0 Å². The van der Waals surface area contributed by atoms with E-state index in [0.717, 1.165) is 23.7 Å². The van der Waals surface area contributed by atoms with Gasteiger partial charge in [-0.25, -0.2) is 0 Å². The van der Waals surface area contributed by atoms with Gasteiger partial charge in [0, 0.05) is 18.3 Å². The highest BCUT2D eigenvalue weighted by atomic mass is 15.5. The fourth-order valence-corrected chi connectivity index (χ4v) is 2.72. The van der Waals surface area contributed by atoms with E-state index < -0.39 is 0 Å². The summed E-state index contributed by atoms with van der Waals surface area (Å²) < 4.78 is 1.75. The van der Waals surface area contributed by atoms with Gasteiger partial charge in [-0.2, -0.15) is 4.68 Å². The Morgan fingerprint density at radius 3 is 3.00 bits per heavy atom. The van der Waals surface area contributed by atoms with Crippen LogP contribution in [0.1, 0.15) is 18.7 Å². The molecule has 1 N–H and O–H groups in total. The van der Waals surface area contributed by atoms with Crippen LogP contribution in [0, 0.1) is 6.92 Å². The Labute approximate surface area is 118 Å². The van der Waals surface area contributed by atoms with Gasteiger partial charge in [-0.05, 0) is 62.0 Å². The Bertz CT molecular complexity index is 579. The molecule has 1 unspecified atom stereocenters. The smallest absolute Gasteiger partial charge is 0.153 e. The number of piperidine rings is 1. The number of nitrogens with one attached hydrogen (secondary N) is 1. The molecule has 6 heteroatoms. The van der Waals surface area contributed by atoms with Crippen molar-refractivity contribution in [2.45, 2.75) is 25.8 Å². The van der Waals surface area contributed by atoms with Crippen LogP contribution in [-0.4, -0.2) is 51.3 Å². The first kappa shape index (κ1) is 13.1. The van der Waals surface area contributed by atoms with Crippen LogP contribution < -0.4 is 5.32 Å². The third-order valence-corrected chi connectivity index (χ3v) is 3.71. The Hall–Kier alpha value is -1.95. The molecular weight excluding hydrogens is 252 g/mol. The minimum Gasteiger partial charge on any atom is -0.381 e. The van der Waals surface area contributed by atoms with Crippen molar-refractivity contribution in [3.8, 4) is 5.69 Å². The molecule has 0 aliphatic carbocycles. The fraction of sp³-hybridized carbons (Fsp3) is 0.500. The number of rotatable bonds is 3. The van der Waals surface area contributed by atoms with Gasteiger partial charge in [0.2, 0.25) is 0 Å². The topological polar surface area (TPSA) is 58.9 Å². The molecule has 1 aromatic heterocycles. The summed E-state index contributed by atoms with van der Waals surface area (Å²) in [5.41, 5.74) is 2.11. The maximum Gasteiger partial charge on any atom is 0.153 e. The molecule has 6 nitrogen and oxygen atoms in total. The first-order valence-electron chi connectivity index (χ1n) is 7.03. The normalized spacial score (nSPS) is 20.0. The third-order valence-electron chi connectivity index (χ3n) is 3.71. The summed E-state index contributed by atoms with van der Waals surface area (Å²) in [6.45, 7) is 4.19. The van der Waals surface area contributed by atoms with Gasteiger partial charge in [-0.3, -0.25) is 0 Å². The molecule has 3 rings (SSSR count). The van der Waals surface area contributed by atoms with Crippen LogP contribution in [0.5, 0.6) is 0 Å². The number of hydrogen-bond donors (Lipinski definition) is 1. The van der Waals surface area contributed by atoms with Crippen LogP contribution >= 0.6 is 0 Å². The molecule has 0 bridgehead atoms. The van der Waals surface area contributed by atoms with Crippen LogP contribution in [0.2, 0.25) is 0 Å². The predicted octanol–water partition coefficient (Wildman–Crippen LogP) is 1.48. The van der Waals surface area contributed by atoms with Crippen LogP contribution in [0.15, 0.2) is 24.3 Å². The van der Waals surface area contributed by atoms with Crippen molar-refractivity contribution in [3.05, 3.63) is 30.1 Å². The van der Waals surface area contributed by atoms with E-state index in [1.807, 2.05) is 19.1 Å². The Kier molecular flexibility index (Phi) is 3.64. The molecule has 0 amide bonds. The highest BCUT2D eigenvalue weighted by molar-refractivity contribution is 5.51. The molecule has 106 valence electrons. The van der Waals surface area contributed by atoms with Crippen molar-refractivity contribution in [1.82, 2.24) is 25.1 Å². The van der Waals surface area contributed by atoms with Gasteiger partial charge in [0.15, 0.2) is 5.82 Å². The van der Waals surface area contributed by atoms with Crippen molar-refractivity contribution in [2.24, 2.45) is 0 Å². The quantitative estimate of drug-likeness (QED) is 0.917. The molecule has 1 aliphatic rings. The van der Waals surface area contributed by atoms with Gasteiger partial charge in [-0.15, -0.1) is 5.10 Å². The zero-order valence-corrected chi connectivity index (χ0v) is 12.0. The molecule has 1 aliphatic heterocycles. The summed E-state index contributed by atoms with van der Waals surface area (Å²) in [4.78, 5) is 2.37. The maximum atomic E-state index is 4.01. The van der Waals surface area contributed by atoms with E-state index in [9.17, 15) is 0 Å². The SMILES string of the molecule is Cc1nnnn1-c1cccc(NC2CCCN(C)C2)c1. The number of tetrazole rings is 1. The van der Waals surface area contributed by atoms with Crippen LogP contribution in [-0.2, 0) is 0 Å². The predicted molar refractivity (Wildman–Crippen MR) is 78.0 cm³/mol. The van der Waals surface area contributed by atoms with E-state index in [2.05, 4.69) is 44.9 Å². The van der Waals surface area contributed by atoms with Crippen molar-refractivity contribution in [3.63, 3.8) is 0 Å². The molecule has 1 aromatic carbocycles. The highest BCUT2D eigenvalue weighted by Crippen LogP contribution is 2.18. The number of likely N-dealkylation sites (tertiary alicyclic amines) is 1. The summed E-state index contributed by atoms with van der Waals surface area (Å²) in [6, 6.07) is 8.75. The zero-order valence-electron chi connectivity index (χ0n) is 12.0. The van der Waals surface area contributed by atoms with Crippen LogP contribution in [0.4, 0.5) is 5.69 Å². The highest BCUT2D eigenvalue weighted by Gasteiger charge is 2.16. The van der Waals surface area contributed by atoms with E-state index in [-0.39, 0.29) is 0 Å². The number of benzene rings is 1. The largest absolute Gasteiger partial charge is 0.381 e. The summed E-state index contributed by atoms with van der Waals surface area (Å²) in [6.07, 6.45) is 2.47. The average Bonchev–Trinajstić information content (AvgIpc) is 2.85. The second kappa shape index (κ2) is 5.58. The number of likely N-dealkylation sites (N-methyl/N-ethyl adjacent to an activating group) is 1. The van der Waals surface area contributed by atoms with Gasteiger partial charge in [0.05, 0.1) is 5.69 Å². The number of nitrogens with zero attached hydrogens (tertiary/aromatic N) is 5. The van der Waals surface area contributed by atoms with E-state index in [0.29, 0.717) is 6.04 Å². The summed E-state index contributed by atoms with van der Waals surface area (Å²) in [7, 11) is 2.18. The van der Waals surface area contributed by atoms with Crippen molar-refractivity contribution in [1.29, 1.82) is 0 Å². The van der Waals surface area contributed by atoms with Gasteiger partial charge < -0.3 is 10.2 Å². The Morgan fingerprint density at radius 2 is 2.25 bits per heavy atom. The lowest BCUT2D eigenvalue weighted by Gasteiger charge is -2.31.